The zero-order valence-corrected chi connectivity index (χ0v) is 30.5. The first-order chi connectivity index (χ1) is 21.8. The molecule has 1 aromatic rings. The molecule has 5 rings (SSSR count). The Hall–Kier alpha value is -2.20. The van der Waals surface area contributed by atoms with E-state index in [0.717, 1.165) is 107 Å². The van der Waals surface area contributed by atoms with E-state index >= 15 is 0 Å². The predicted octanol–water partition coefficient (Wildman–Crippen LogP) is 7.30. The first-order valence-electron chi connectivity index (χ1n) is 17.7. The second-order valence-corrected chi connectivity index (χ2v) is 16.4. The monoisotopic (exact) mass is 659 g/mol. The van der Waals surface area contributed by atoms with Crippen LogP contribution in [0.25, 0.3) is 0 Å². The summed E-state index contributed by atoms with van der Waals surface area (Å²) in [6, 6.07) is 4.30. The standard InChI is InChI=1S/C21H33N3O2S.C15H28N2O2/c1-21(2,3)26-20(25)24-13-9-17(10-14-24)16-7-11-23(12-8-16)18-5-6-19(27-4)22-15-18;1-15(2,3)19-14(18)17-10-6-13(7-11-17)12-4-8-16-9-5-12/h5-6,15-17H,7-14H2,1-4H3;12-13,16H,4-11H2,1-3H3. The fraction of sp³-hybridized carbons (Fsp3) is 0.806. The molecule has 46 heavy (non-hydrogen) atoms. The van der Waals surface area contributed by atoms with Gasteiger partial charge in [-0.25, -0.2) is 14.6 Å². The van der Waals surface area contributed by atoms with Crippen LogP contribution < -0.4 is 10.2 Å². The molecule has 4 fully saturated rings. The van der Waals surface area contributed by atoms with Crippen molar-refractivity contribution in [3.05, 3.63) is 18.3 Å². The summed E-state index contributed by atoms with van der Waals surface area (Å²) in [4.78, 5) is 34.9. The van der Waals surface area contributed by atoms with Crippen molar-refractivity contribution in [1.82, 2.24) is 20.1 Å². The fourth-order valence-electron chi connectivity index (χ4n) is 7.38. The number of ether oxygens (including phenoxy) is 2. The van der Waals surface area contributed by atoms with Gasteiger partial charge in [-0.3, -0.25) is 0 Å². The minimum Gasteiger partial charge on any atom is -0.444 e. The SMILES string of the molecule is CC(C)(C)OC(=O)N1CCC(C2CCNCC2)CC1.CSc1ccc(N2CCC(C3CCN(C(=O)OC(C)(C)C)CC3)CC2)cn1. The van der Waals surface area contributed by atoms with E-state index in [4.69, 9.17) is 9.47 Å². The molecule has 0 radical (unpaired) electrons. The molecule has 9 nitrogen and oxygen atoms in total. The molecule has 1 aromatic heterocycles. The molecule has 5 heterocycles. The average molecular weight is 660 g/mol. The molecule has 260 valence electrons. The van der Waals surface area contributed by atoms with Gasteiger partial charge in [0.2, 0.25) is 0 Å². The van der Waals surface area contributed by atoms with E-state index in [2.05, 4.69) is 33.6 Å². The Kier molecular flexibility index (Phi) is 13.3. The molecule has 0 bridgehead atoms. The zero-order chi connectivity index (χ0) is 33.3. The highest BCUT2D eigenvalue weighted by atomic mass is 32.2. The van der Waals surface area contributed by atoms with Crippen LogP contribution in [0.3, 0.4) is 0 Å². The highest BCUT2D eigenvalue weighted by molar-refractivity contribution is 7.98. The molecule has 0 atom stereocenters. The molecule has 2 amide bonds. The highest BCUT2D eigenvalue weighted by Gasteiger charge is 2.33. The maximum absolute atomic E-state index is 12.2. The maximum Gasteiger partial charge on any atom is 0.410 e. The Morgan fingerprint density at radius 1 is 0.696 bits per heavy atom. The molecule has 4 aliphatic heterocycles. The lowest BCUT2D eigenvalue weighted by Crippen LogP contribution is -2.44. The van der Waals surface area contributed by atoms with Gasteiger partial charge in [-0.2, -0.15) is 0 Å². The topological polar surface area (TPSA) is 87.2 Å². The van der Waals surface area contributed by atoms with Crippen LogP contribution in [-0.2, 0) is 9.47 Å². The van der Waals surface area contributed by atoms with E-state index in [1.54, 1.807) is 11.8 Å². The molecule has 4 saturated heterocycles. The fourth-order valence-corrected chi connectivity index (χ4v) is 7.75. The maximum atomic E-state index is 12.2. The summed E-state index contributed by atoms with van der Waals surface area (Å²) in [5.74, 6) is 3.19. The molecular weight excluding hydrogens is 598 g/mol. The van der Waals surface area contributed by atoms with E-state index in [9.17, 15) is 9.59 Å². The smallest absolute Gasteiger partial charge is 0.410 e. The molecule has 1 N–H and O–H groups in total. The molecule has 10 heteroatoms. The molecular formula is C36H61N5O4S. The van der Waals surface area contributed by atoms with Gasteiger partial charge in [0, 0.05) is 39.3 Å². The van der Waals surface area contributed by atoms with Crippen LogP contribution in [0.5, 0.6) is 0 Å². The third-order valence-electron chi connectivity index (χ3n) is 9.93. The summed E-state index contributed by atoms with van der Waals surface area (Å²) in [6.45, 7) is 19.5. The van der Waals surface area contributed by atoms with Crippen LogP contribution in [-0.4, -0.2) is 96.8 Å². The summed E-state index contributed by atoms with van der Waals surface area (Å²) in [7, 11) is 0. The first kappa shape index (κ1) is 36.6. The van der Waals surface area contributed by atoms with Crippen LogP contribution in [0.1, 0.15) is 92.9 Å². The van der Waals surface area contributed by atoms with Crippen LogP contribution in [0, 0.1) is 23.7 Å². The van der Waals surface area contributed by atoms with Crippen LogP contribution in [0.4, 0.5) is 15.3 Å². The Balaban J connectivity index is 0.000000222. The molecule has 0 aromatic carbocycles. The summed E-state index contributed by atoms with van der Waals surface area (Å²) in [6.07, 6.45) is 13.3. The van der Waals surface area contributed by atoms with Crippen molar-refractivity contribution in [3.8, 4) is 0 Å². The van der Waals surface area contributed by atoms with Crippen molar-refractivity contribution in [1.29, 1.82) is 0 Å². The third-order valence-corrected chi connectivity index (χ3v) is 10.6. The van der Waals surface area contributed by atoms with Gasteiger partial charge in [-0.1, -0.05) is 0 Å². The number of carbonyl (C=O) groups excluding carboxylic acids is 2. The van der Waals surface area contributed by atoms with Crippen molar-refractivity contribution in [2.24, 2.45) is 23.7 Å². The molecule has 0 saturated carbocycles. The minimum absolute atomic E-state index is 0.142. The van der Waals surface area contributed by atoms with Gasteiger partial charge in [0.1, 0.15) is 11.2 Å². The number of hydrogen-bond acceptors (Lipinski definition) is 8. The summed E-state index contributed by atoms with van der Waals surface area (Å²) in [5, 5.41) is 4.50. The Bertz CT molecular complexity index is 1080. The Morgan fingerprint density at radius 3 is 1.48 bits per heavy atom. The number of nitrogens with zero attached hydrogens (tertiary/aromatic N) is 4. The van der Waals surface area contributed by atoms with E-state index in [1.807, 2.05) is 57.5 Å². The number of carbonyl (C=O) groups is 2. The highest BCUT2D eigenvalue weighted by Crippen LogP contribution is 2.35. The van der Waals surface area contributed by atoms with Gasteiger partial charge >= 0.3 is 12.2 Å². The Labute approximate surface area is 282 Å². The van der Waals surface area contributed by atoms with E-state index in [-0.39, 0.29) is 17.8 Å². The van der Waals surface area contributed by atoms with Gasteiger partial charge in [0.25, 0.3) is 0 Å². The number of likely N-dealkylation sites (tertiary alicyclic amines) is 2. The van der Waals surface area contributed by atoms with Gasteiger partial charge < -0.3 is 29.5 Å². The van der Waals surface area contributed by atoms with Crippen LogP contribution >= 0.6 is 11.8 Å². The van der Waals surface area contributed by atoms with Crippen molar-refractivity contribution < 1.29 is 19.1 Å². The molecule has 0 spiro atoms. The number of hydrogen-bond donors (Lipinski definition) is 1. The first-order valence-corrected chi connectivity index (χ1v) is 19.0. The number of rotatable bonds is 4. The number of nitrogens with one attached hydrogen (secondary N) is 1. The van der Waals surface area contributed by atoms with E-state index in [0.29, 0.717) is 0 Å². The summed E-state index contributed by atoms with van der Waals surface area (Å²) in [5.41, 5.74) is 0.443. The van der Waals surface area contributed by atoms with Crippen LogP contribution in [0.2, 0.25) is 0 Å². The predicted molar refractivity (Wildman–Crippen MR) is 188 cm³/mol. The van der Waals surface area contributed by atoms with Crippen molar-refractivity contribution in [3.63, 3.8) is 0 Å². The van der Waals surface area contributed by atoms with Crippen LogP contribution in [0.15, 0.2) is 23.4 Å². The number of aromatic nitrogens is 1. The lowest BCUT2D eigenvalue weighted by molar-refractivity contribution is 0.0142. The lowest BCUT2D eigenvalue weighted by atomic mass is 9.79. The lowest BCUT2D eigenvalue weighted by Gasteiger charge is -2.41. The van der Waals surface area contributed by atoms with Crippen molar-refractivity contribution in [2.45, 2.75) is 109 Å². The quantitative estimate of drug-likeness (QED) is 0.337. The minimum atomic E-state index is -0.413. The van der Waals surface area contributed by atoms with Gasteiger partial charge in [-0.05, 0) is 148 Å². The van der Waals surface area contributed by atoms with Gasteiger partial charge in [0.15, 0.2) is 0 Å². The normalized spacial score (nSPS) is 21.4. The zero-order valence-electron chi connectivity index (χ0n) is 29.7. The molecule has 0 aliphatic carbocycles. The van der Waals surface area contributed by atoms with Gasteiger partial charge in [-0.15, -0.1) is 11.8 Å². The number of amides is 2. The number of anilines is 1. The molecule has 0 unspecified atom stereocenters. The van der Waals surface area contributed by atoms with Crippen molar-refractivity contribution in [2.75, 3.05) is 63.5 Å². The number of thioether (sulfide) groups is 1. The largest absolute Gasteiger partial charge is 0.444 e. The number of piperidine rings is 4. The Morgan fingerprint density at radius 2 is 1.11 bits per heavy atom. The van der Waals surface area contributed by atoms with Gasteiger partial charge in [0.05, 0.1) is 16.9 Å². The number of pyridine rings is 1. The second kappa shape index (κ2) is 16.8. The van der Waals surface area contributed by atoms with E-state index < -0.39 is 5.60 Å². The van der Waals surface area contributed by atoms with E-state index in [1.165, 1.54) is 31.4 Å². The third kappa shape index (κ3) is 11.5. The van der Waals surface area contributed by atoms with Crippen molar-refractivity contribution >= 4 is 29.6 Å². The second-order valence-electron chi connectivity index (χ2n) is 15.6. The summed E-state index contributed by atoms with van der Waals surface area (Å²) >= 11 is 1.68. The average Bonchev–Trinajstić information content (AvgIpc) is 3.04. The summed E-state index contributed by atoms with van der Waals surface area (Å²) < 4.78 is 10.9. The molecule has 4 aliphatic rings.